The second kappa shape index (κ2) is 9.25. The lowest BCUT2D eigenvalue weighted by Crippen LogP contribution is -2.18. The van der Waals surface area contributed by atoms with Gasteiger partial charge in [0, 0.05) is 19.6 Å². The van der Waals surface area contributed by atoms with E-state index in [1.165, 1.54) is 0 Å². The third-order valence-electron chi connectivity index (χ3n) is 2.01. The van der Waals surface area contributed by atoms with E-state index >= 15 is 0 Å². The summed E-state index contributed by atoms with van der Waals surface area (Å²) >= 11 is 0. The highest BCUT2D eigenvalue weighted by molar-refractivity contribution is 5.05. The van der Waals surface area contributed by atoms with Gasteiger partial charge in [0.05, 0.1) is 13.2 Å². The van der Waals surface area contributed by atoms with Crippen molar-refractivity contribution in [3.8, 4) is 12.3 Å². The predicted octanol–water partition coefficient (Wildman–Crippen LogP) is 3.58. The van der Waals surface area contributed by atoms with E-state index in [1.807, 2.05) is 0 Å². The van der Waals surface area contributed by atoms with E-state index in [0.717, 1.165) is 7.11 Å². The molecule has 0 radical (unpaired) electrons. The zero-order valence-corrected chi connectivity index (χ0v) is 11.6. The fraction of sp³-hybridized carbons (Fsp3) is 0.538. The molecule has 0 aromatic rings. The minimum atomic E-state index is -4.85. The fourth-order valence-electron chi connectivity index (χ4n) is 1.10. The summed E-state index contributed by atoms with van der Waals surface area (Å²) in [6.07, 6.45) is -3.97. The first-order valence-corrected chi connectivity index (χ1v) is 5.85. The zero-order chi connectivity index (χ0) is 17.2. The summed E-state index contributed by atoms with van der Waals surface area (Å²) < 4.78 is 88.3. The van der Waals surface area contributed by atoms with E-state index < -0.39 is 43.7 Å². The number of rotatable bonds is 8. The zero-order valence-electron chi connectivity index (χ0n) is 11.6. The average Bonchev–Trinajstić information content (AvgIpc) is 2.38. The molecule has 0 aromatic heterocycles. The van der Waals surface area contributed by atoms with Gasteiger partial charge in [-0.2, -0.15) is 26.3 Å². The minimum absolute atomic E-state index is 0.0736. The van der Waals surface area contributed by atoms with E-state index in [-0.39, 0.29) is 6.42 Å². The molecule has 0 aliphatic heterocycles. The van der Waals surface area contributed by atoms with Crippen LogP contribution in [0.3, 0.4) is 0 Å². The summed E-state index contributed by atoms with van der Waals surface area (Å²) in [6.45, 7) is -1.78. The van der Waals surface area contributed by atoms with Crippen molar-refractivity contribution < 1.29 is 40.6 Å². The molecule has 0 spiro atoms. The lowest BCUT2D eigenvalue weighted by Gasteiger charge is -2.15. The van der Waals surface area contributed by atoms with E-state index in [0.29, 0.717) is 12.2 Å². The lowest BCUT2D eigenvalue weighted by molar-refractivity contribution is -0.134. The highest BCUT2D eigenvalue weighted by Gasteiger charge is 2.37. The van der Waals surface area contributed by atoms with Crippen molar-refractivity contribution in [1.82, 2.24) is 0 Å². The van der Waals surface area contributed by atoms with Crippen LogP contribution in [-0.4, -0.2) is 39.3 Å². The van der Waals surface area contributed by atoms with E-state index in [2.05, 4.69) is 20.1 Å². The molecule has 0 saturated carbocycles. The maximum absolute atomic E-state index is 12.6. The Morgan fingerprint density at radius 3 is 1.91 bits per heavy atom. The quantitative estimate of drug-likeness (QED) is 0.294. The normalized spacial score (nSPS) is 13.7. The first-order chi connectivity index (χ1) is 10.1. The number of terminal acetylenes is 1. The number of halogens is 6. The Morgan fingerprint density at radius 2 is 1.45 bits per heavy atom. The molecule has 0 amide bonds. The first kappa shape index (κ1) is 20.2. The van der Waals surface area contributed by atoms with Gasteiger partial charge < -0.3 is 14.2 Å². The van der Waals surface area contributed by atoms with Crippen LogP contribution in [0.25, 0.3) is 0 Å². The van der Waals surface area contributed by atoms with E-state index in [4.69, 9.17) is 6.42 Å². The van der Waals surface area contributed by atoms with E-state index in [9.17, 15) is 26.3 Å². The molecule has 0 unspecified atom stereocenters. The molecule has 9 heteroatoms. The topological polar surface area (TPSA) is 27.7 Å². The van der Waals surface area contributed by atoms with Crippen LogP contribution in [0, 0.1) is 12.3 Å². The van der Waals surface area contributed by atoms with Crippen molar-refractivity contribution in [2.75, 3.05) is 26.9 Å². The monoisotopic (exact) mass is 332 g/mol. The molecule has 0 atom stereocenters. The van der Waals surface area contributed by atoms with Gasteiger partial charge >= 0.3 is 12.4 Å². The molecule has 0 bridgehead atoms. The molecule has 3 nitrogen and oxygen atoms in total. The molecular formula is C13H14F6O3. The third kappa shape index (κ3) is 8.46. The molecular weight excluding hydrogens is 318 g/mol. The van der Waals surface area contributed by atoms with Gasteiger partial charge in [-0.25, -0.2) is 0 Å². The Bertz CT molecular complexity index is 429. The van der Waals surface area contributed by atoms with Crippen LogP contribution < -0.4 is 0 Å². The Hall–Kier alpha value is -1.82. The van der Waals surface area contributed by atoms with Crippen LogP contribution in [0.4, 0.5) is 26.3 Å². The van der Waals surface area contributed by atoms with Crippen molar-refractivity contribution >= 4 is 0 Å². The lowest BCUT2D eigenvalue weighted by atomic mass is 10.4. The Balaban J connectivity index is 4.82. The van der Waals surface area contributed by atoms with Crippen molar-refractivity contribution in [3.05, 3.63) is 23.7 Å². The van der Waals surface area contributed by atoms with Gasteiger partial charge in [-0.1, -0.05) is 0 Å². The summed E-state index contributed by atoms with van der Waals surface area (Å²) in [5.74, 6) is -0.841. The summed E-state index contributed by atoms with van der Waals surface area (Å²) in [5.41, 5.74) is 0. The molecule has 0 saturated heterocycles. The molecule has 0 N–H and O–H groups in total. The van der Waals surface area contributed by atoms with Gasteiger partial charge in [0.15, 0.2) is 11.5 Å². The number of methoxy groups -OCH3 is 1. The summed E-state index contributed by atoms with van der Waals surface area (Å²) in [6, 6.07) is 0. The summed E-state index contributed by atoms with van der Waals surface area (Å²) in [5, 5.41) is 0. The van der Waals surface area contributed by atoms with Crippen molar-refractivity contribution in [3.63, 3.8) is 0 Å². The van der Waals surface area contributed by atoms with Gasteiger partial charge in [0.1, 0.15) is 6.61 Å². The van der Waals surface area contributed by atoms with Crippen LogP contribution in [0.1, 0.15) is 6.42 Å². The molecule has 0 aliphatic carbocycles. The van der Waals surface area contributed by atoms with Crippen LogP contribution in [0.5, 0.6) is 0 Å². The maximum atomic E-state index is 12.6. The molecule has 0 heterocycles. The van der Waals surface area contributed by atoms with Crippen molar-refractivity contribution in [1.29, 1.82) is 0 Å². The Labute approximate surface area is 123 Å². The Morgan fingerprint density at radius 1 is 0.955 bits per heavy atom. The van der Waals surface area contributed by atoms with Crippen LogP contribution in [0.2, 0.25) is 0 Å². The second-order valence-electron chi connectivity index (χ2n) is 3.70. The van der Waals surface area contributed by atoms with E-state index in [1.54, 1.807) is 0 Å². The SMILES string of the molecule is C#CCCO/C(=C/CO/C(=C/COC)C(F)(F)F)C(F)(F)F. The number of alkyl halides is 6. The minimum Gasteiger partial charge on any atom is -0.488 e. The van der Waals surface area contributed by atoms with Crippen molar-refractivity contribution in [2.45, 2.75) is 18.8 Å². The predicted molar refractivity (Wildman–Crippen MR) is 65.5 cm³/mol. The summed E-state index contributed by atoms with van der Waals surface area (Å²) in [4.78, 5) is 0. The molecule has 0 aromatic carbocycles. The number of hydrogen-bond acceptors (Lipinski definition) is 3. The maximum Gasteiger partial charge on any atom is 0.448 e. The number of ether oxygens (including phenoxy) is 3. The fourth-order valence-corrected chi connectivity index (χ4v) is 1.10. The van der Waals surface area contributed by atoms with Gasteiger partial charge in [-0.15, -0.1) is 12.3 Å². The molecule has 0 fully saturated rings. The largest absolute Gasteiger partial charge is 0.488 e. The molecule has 0 aliphatic rings. The summed E-state index contributed by atoms with van der Waals surface area (Å²) in [7, 11) is 1.16. The second-order valence-corrected chi connectivity index (χ2v) is 3.70. The first-order valence-electron chi connectivity index (χ1n) is 5.85. The number of hydrogen-bond donors (Lipinski definition) is 0. The van der Waals surface area contributed by atoms with Gasteiger partial charge in [0.25, 0.3) is 0 Å². The Kier molecular flexibility index (Phi) is 8.48. The van der Waals surface area contributed by atoms with Gasteiger partial charge in [0.2, 0.25) is 0 Å². The van der Waals surface area contributed by atoms with Gasteiger partial charge in [-0.05, 0) is 6.08 Å². The number of allylic oxidation sites excluding steroid dienone is 2. The highest BCUT2D eigenvalue weighted by atomic mass is 19.4. The molecule has 126 valence electrons. The van der Waals surface area contributed by atoms with Gasteiger partial charge in [-0.3, -0.25) is 0 Å². The third-order valence-corrected chi connectivity index (χ3v) is 2.01. The van der Waals surface area contributed by atoms with Crippen LogP contribution in [-0.2, 0) is 14.2 Å². The molecule has 0 rings (SSSR count). The molecule has 22 heavy (non-hydrogen) atoms. The smallest absolute Gasteiger partial charge is 0.448 e. The van der Waals surface area contributed by atoms with Crippen LogP contribution >= 0.6 is 0 Å². The van der Waals surface area contributed by atoms with Crippen LogP contribution in [0.15, 0.2) is 23.7 Å². The standard InChI is InChI=1S/C13H14F6O3/c1-3-4-7-21-11(13(17,18)19)6-9-22-10(5-8-20-2)12(14,15)16/h1,5-6H,4,7-9H2,2H3/b10-5+,11-6+. The highest BCUT2D eigenvalue weighted by Crippen LogP contribution is 2.28. The average molecular weight is 332 g/mol. The van der Waals surface area contributed by atoms with Crippen molar-refractivity contribution in [2.24, 2.45) is 0 Å².